The van der Waals surface area contributed by atoms with Crippen LogP contribution in [-0.4, -0.2) is 24.6 Å². The van der Waals surface area contributed by atoms with Crippen LogP contribution in [-0.2, 0) is 10.0 Å². The average Bonchev–Trinajstić information content (AvgIpc) is 2.81. The molecule has 0 saturated heterocycles. The van der Waals surface area contributed by atoms with E-state index in [0.29, 0.717) is 0 Å². The van der Waals surface area contributed by atoms with Crippen LogP contribution >= 0.6 is 0 Å². The highest BCUT2D eigenvalue weighted by Gasteiger charge is 2.17. The maximum Gasteiger partial charge on any atom is 0.339 e. The van der Waals surface area contributed by atoms with Crippen molar-refractivity contribution in [3.05, 3.63) is 42.4 Å². The van der Waals surface area contributed by atoms with Crippen LogP contribution in [0.4, 0.5) is 5.69 Å². The molecule has 0 fully saturated rings. The van der Waals surface area contributed by atoms with Crippen LogP contribution in [0.2, 0.25) is 0 Å². The third kappa shape index (κ3) is 2.68. The van der Waals surface area contributed by atoms with Crippen molar-refractivity contribution in [3.8, 4) is 5.75 Å². The summed E-state index contributed by atoms with van der Waals surface area (Å²) in [7, 11) is -3.82. The Balaban J connectivity index is 2.30. The maximum atomic E-state index is 11.8. The predicted molar refractivity (Wildman–Crippen MR) is 64.6 cm³/mol. The number of benzene rings is 1. The van der Waals surface area contributed by atoms with E-state index in [1.807, 2.05) is 0 Å². The minimum absolute atomic E-state index is 0.0451. The van der Waals surface area contributed by atoms with Crippen LogP contribution in [0.15, 0.2) is 46.1 Å². The zero-order chi connectivity index (χ0) is 14.0. The number of anilines is 1. The van der Waals surface area contributed by atoms with E-state index in [1.165, 1.54) is 18.4 Å². The van der Waals surface area contributed by atoms with Crippen LogP contribution in [0.25, 0.3) is 0 Å². The van der Waals surface area contributed by atoms with Crippen molar-refractivity contribution in [1.29, 1.82) is 0 Å². The fraction of sp³-hybridized carbons (Fsp3) is 0. The molecule has 1 aromatic carbocycles. The van der Waals surface area contributed by atoms with Gasteiger partial charge in [0.25, 0.3) is 10.0 Å². The number of sulfonamides is 1. The molecule has 19 heavy (non-hydrogen) atoms. The molecule has 0 aliphatic rings. The third-order valence-electron chi connectivity index (χ3n) is 2.29. The maximum absolute atomic E-state index is 11.8. The molecule has 0 bridgehead atoms. The first-order valence-electron chi connectivity index (χ1n) is 5.01. The predicted octanol–water partition coefficient (Wildman–Crippen LogP) is 1.48. The van der Waals surface area contributed by atoms with Crippen LogP contribution in [0.1, 0.15) is 10.4 Å². The summed E-state index contributed by atoms with van der Waals surface area (Å²) in [6, 6.07) is 4.61. The molecule has 0 atom stereocenters. The van der Waals surface area contributed by atoms with Crippen molar-refractivity contribution in [3.63, 3.8) is 0 Å². The second-order valence-corrected chi connectivity index (χ2v) is 5.28. The number of hydrogen-bond acceptors (Lipinski definition) is 5. The molecule has 7 nitrogen and oxygen atoms in total. The lowest BCUT2D eigenvalue weighted by Gasteiger charge is -2.07. The van der Waals surface area contributed by atoms with E-state index in [0.717, 1.165) is 18.4 Å². The van der Waals surface area contributed by atoms with Gasteiger partial charge in [0.15, 0.2) is 0 Å². The van der Waals surface area contributed by atoms with Crippen LogP contribution in [0.5, 0.6) is 5.75 Å². The number of phenols is 1. The molecule has 2 rings (SSSR count). The number of aromatic hydroxyl groups is 1. The van der Waals surface area contributed by atoms with Crippen molar-refractivity contribution in [2.24, 2.45) is 0 Å². The number of carbonyl (C=O) groups is 1. The van der Waals surface area contributed by atoms with Gasteiger partial charge in [-0.15, -0.1) is 0 Å². The van der Waals surface area contributed by atoms with E-state index in [1.54, 1.807) is 0 Å². The highest BCUT2D eigenvalue weighted by atomic mass is 32.2. The molecular formula is C11H9NO6S. The number of furan rings is 1. The van der Waals surface area contributed by atoms with Gasteiger partial charge in [-0.2, -0.15) is 0 Å². The monoisotopic (exact) mass is 283 g/mol. The summed E-state index contributed by atoms with van der Waals surface area (Å²) < 4.78 is 30.5. The molecular weight excluding hydrogens is 274 g/mol. The Morgan fingerprint density at radius 2 is 2.00 bits per heavy atom. The Bertz CT molecular complexity index is 705. The van der Waals surface area contributed by atoms with Crippen molar-refractivity contribution < 1.29 is 27.8 Å². The first-order valence-corrected chi connectivity index (χ1v) is 6.50. The van der Waals surface area contributed by atoms with E-state index < -0.39 is 21.7 Å². The van der Waals surface area contributed by atoms with Gasteiger partial charge in [0, 0.05) is 6.07 Å². The van der Waals surface area contributed by atoms with Crippen molar-refractivity contribution in [2.75, 3.05) is 4.72 Å². The fourth-order valence-corrected chi connectivity index (χ4v) is 2.37. The summed E-state index contributed by atoms with van der Waals surface area (Å²) in [5, 5.41) is 18.2. The van der Waals surface area contributed by atoms with Gasteiger partial charge in [-0.3, -0.25) is 4.72 Å². The summed E-state index contributed by atoms with van der Waals surface area (Å²) in [5.41, 5.74) is -0.269. The number of rotatable bonds is 4. The zero-order valence-electron chi connectivity index (χ0n) is 9.40. The highest BCUT2D eigenvalue weighted by molar-refractivity contribution is 7.92. The first-order chi connectivity index (χ1) is 8.90. The van der Waals surface area contributed by atoms with E-state index in [-0.39, 0.29) is 16.1 Å². The van der Waals surface area contributed by atoms with E-state index in [2.05, 4.69) is 9.14 Å². The summed E-state index contributed by atoms with van der Waals surface area (Å²) in [5.74, 6) is -1.83. The summed E-state index contributed by atoms with van der Waals surface area (Å²) in [6.07, 6.45) is 2.26. The summed E-state index contributed by atoms with van der Waals surface area (Å²) >= 11 is 0. The van der Waals surface area contributed by atoms with Gasteiger partial charge >= 0.3 is 5.97 Å². The van der Waals surface area contributed by atoms with Crippen molar-refractivity contribution in [2.45, 2.75) is 4.90 Å². The summed E-state index contributed by atoms with van der Waals surface area (Å²) in [4.78, 5) is 10.6. The van der Waals surface area contributed by atoms with E-state index in [4.69, 9.17) is 5.11 Å². The quantitative estimate of drug-likeness (QED) is 0.782. The van der Waals surface area contributed by atoms with Gasteiger partial charge in [0.05, 0.1) is 12.0 Å². The smallest absolute Gasteiger partial charge is 0.339 e. The Morgan fingerprint density at radius 1 is 1.26 bits per heavy atom. The molecule has 0 spiro atoms. The molecule has 0 unspecified atom stereocenters. The van der Waals surface area contributed by atoms with Gasteiger partial charge in [-0.05, 0) is 18.2 Å². The molecule has 1 aromatic heterocycles. The molecule has 0 radical (unpaired) electrons. The largest absolute Gasteiger partial charge is 0.507 e. The van der Waals surface area contributed by atoms with Gasteiger partial charge in [-0.1, -0.05) is 0 Å². The zero-order valence-corrected chi connectivity index (χ0v) is 10.2. The Kier molecular flexibility index (Phi) is 3.17. The normalized spacial score (nSPS) is 11.2. The Morgan fingerprint density at radius 3 is 2.53 bits per heavy atom. The standard InChI is InChI=1S/C11H9NO6S/c13-10-5-7(1-2-9(10)11(14)15)12-19(16,17)8-3-4-18-6-8/h1-6,12-13H,(H,14,15). The van der Waals surface area contributed by atoms with Gasteiger partial charge in [0.2, 0.25) is 0 Å². The van der Waals surface area contributed by atoms with Crippen LogP contribution in [0.3, 0.4) is 0 Å². The fourth-order valence-electron chi connectivity index (χ4n) is 1.39. The number of hydrogen-bond donors (Lipinski definition) is 3. The second-order valence-electron chi connectivity index (χ2n) is 3.60. The molecule has 0 amide bonds. The Labute approximate surface area is 108 Å². The minimum atomic E-state index is -3.82. The lowest BCUT2D eigenvalue weighted by Crippen LogP contribution is -2.12. The molecule has 3 N–H and O–H groups in total. The molecule has 100 valence electrons. The number of nitrogens with one attached hydrogen (secondary N) is 1. The first kappa shape index (κ1) is 13.0. The van der Waals surface area contributed by atoms with Gasteiger partial charge in [-0.25, -0.2) is 13.2 Å². The molecule has 0 aliphatic carbocycles. The van der Waals surface area contributed by atoms with Crippen LogP contribution < -0.4 is 4.72 Å². The second kappa shape index (κ2) is 4.65. The van der Waals surface area contributed by atoms with Crippen LogP contribution in [0, 0.1) is 0 Å². The van der Waals surface area contributed by atoms with Gasteiger partial charge in [0.1, 0.15) is 22.5 Å². The van der Waals surface area contributed by atoms with E-state index >= 15 is 0 Å². The number of aromatic carboxylic acids is 1. The molecule has 8 heteroatoms. The molecule has 1 heterocycles. The lowest BCUT2D eigenvalue weighted by molar-refractivity contribution is 0.0694. The number of carboxylic acids is 1. The average molecular weight is 283 g/mol. The van der Waals surface area contributed by atoms with E-state index in [9.17, 15) is 18.3 Å². The molecule has 2 aromatic rings. The Hall–Kier alpha value is -2.48. The number of carboxylic acid groups (broad SMARTS) is 1. The SMILES string of the molecule is O=C(O)c1ccc(NS(=O)(=O)c2ccoc2)cc1O. The summed E-state index contributed by atoms with van der Waals surface area (Å²) in [6.45, 7) is 0. The lowest BCUT2D eigenvalue weighted by atomic mass is 10.2. The topological polar surface area (TPSA) is 117 Å². The van der Waals surface area contributed by atoms with Crippen molar-refractivity contribution >= 4 is 21.7 Å². The molecule has 0 saturated carbocycles. The van der Waals surface area contributed by atoms with Gasteiger partial charge < -0.3 is 14.6 Å². The minimum Gasteiger partial charge on any atom is -0.507 e. The highest BCUT2D eigenvalue weighted by Crippen LogP contribution is 2.24. The van der Waals surface area contributed by atoms with Crippen molar-refractivity contribution in [1.82, 2.24) is 0 Å². The molecule has 0 aliphatic heterocycles. The third-order valence-corrected chi connectivity index (χ3v) is 3.64.